The molecule has 5 heteroatoms. The SMILES string of the molecule is C=Cc1c(/C=C\C)oc2ccccc12.Oc1c(O)c2c(c(O)c1Nc1ccc(-c3cc4ccccc4c4ccccc34)cc1)C(c1ccccc1)(c1ccccc1)c1ccccc1-2. The molecule has 1 heterocycles. The van der Waals surface area contributed by atoms with Gasteiger partial charge in [-0.2, -0.15) is 0 Å². The van der Waals surface area contributed by atoms with Crippen LogP contribution < -0.4 is 5.32 Å². The number of benzene rings is 9. The van der Waals surface area contributed by atoms with Crippen LogP contribution in [0.3, 0.4) is 0 Å². The fourth-order valence-corrected chi connectivity index (χ4v) is 9.50. The molecule has 63 heavy (non-hydrogen) atoms. The van der Waals surface area contributed by atoms with Crippen LogP contribution in [0.25, 0.3) is 66.9 Å². The predicted octanol–water partition coefficient (Wildman–Crippen LogP) is 15.0. The van der Waals surface area contributed by atoms with E-state index in [1.54, 1.807) is 0 Å². The summed E-state index contributed by atoms with van der Waals surface area (Å²) >= 11 is 0. The summed E-state index contributed by atoms with van der Waals surface area (Å²) in [6.45, 7) is 5.77. The minimum atomic E-state index is -0.957. The Hall–Kier alpha value is -8.28. The van der Waals surface area contributed by atoms with Gasteiger partial charge < -0.3 is 25.1 Å². The van der Waals surface area contributed by atoms with E-state index in [0.29, 0.717) is 16.8 Å². The molecule has 304 valence electrons. The second-order valence-corrected chi connectivity index (χ2v) is 15.7. The summed E-state index contributed by atoms with van der Waals surface area (Å²) in [5.74, 6) is 0.0609. The van der Waals surface area contributed by atoms with E-state index >= 15 is 0 Å². The van der Waals surface area contributed by atoms with Crippen molar-refractivity contribution in [2.45, 2.75) is 12.3 Å². The van der Waals surface area contributed by atoms with Gasteiger partial charge in [0.1, 0.15) is 22.8 Å². The summed E-state index contributed by atoms with van der Waals surface area (Å²) in [7, 11) is 0. The van der Waals surface area contributed by atoms with Gasteiger partial charge in [0, 0.05) is 27.8 Å². The number of hydrogen-bond donors (Lipinski definition) is 4. The van der Waals surface area contributed by atoms with Crippen molar-refractivity contribution >= 4 is 56.0 Å². The molecule has 1 aliphatic carbocycles. The van der Waals surface area contributed by atoms with Crippen LogP contribution in [-0.4, -0.2) is 15.3 Å². The number of allylic oxidation sites excluding steroid dienone is 1. The molecule has 0 saturated carbocycles. The van der Waals surface area contributed by atoms with E-state index in [0.717, 1.165) is 55.7 Å². The number of phenolic OH excluding ortho intramolecular Hbond substituents is 3. The molecule has 4 N–H and O–H groups in total. The number of nitrogens with one attached hydrogen (secondary N) is 1. The monoisotopic (exact) mass is 817 g/mol. The summed E-state index contributed by atoms with van der Waals surface area (Å²) in [4.78, 5) is 0. The van der Waals surface area contributed by atoms with Crippen molar-refractivity contribution < 1.29 is 19.7 Å². The fourth-order valence-electron chi connectivity index (χ4n) is 9.50. The van der Waals surface area contributed by atoms with Gasteiger partial charge in [-0.1, -0.05) is 183 Å². The zero-order valence-electron chi connectivity index (χ0n) is 34.6. The van der Waals surface area contributed by atoms with Crippen LogP contribution in [0.2, 0.25) is 0 Å². The van der Waals surface area contributed by atoms with Crippen molar-refractivity contribution in [3.05, 3.63) is 234 Å². The Morgan fingerprint density at radius 1 is 0.556 bits per heavy atom. The van der Waals surface area contributed by atoms with Crippen LogP contribution in [0.5, 0.6) is 17.2 Å². The maximum absolute atomic E-state index is 12.3. The molecule has 0 bridgehead atoms. The number of para-hydroxylation sites is 1. The average Bonchev–Trinajstić information content (AvgIpc) is 3.86. The lowest BCUT2D eigenvalue weighted by Gasteiger charge is -2.34. The van der Waals surface area contributed by atoms with Crippen LogP contribution in [0, 0.1) is 0 Å². The van der Waals surface area contributed by atoms with E-state index in [4.69, 9.17) is 4.42 Å². The zero-order chi connectivity index (χ0) is 43.1. The summed E-state index contributed by atoms with van der Waals surface area (Å²) < 4.78 is 5.67. The van der Waals surface area contributed by atoms with Crippen LogP contribution >= 0.6 is 0 Å². The third kappa shape index (κ3) is 6.33. The molecular formula is C58H43NO4. The first-order chi connectivity index (χ1) is 30.9. The second-order valence-electron chi connectivity index (χ2n) is 15.7. The minimum absolute atomic E-state index is 0.0456. The molecule has 0 amide bonds. The van der Waals surface area contributed by atoms with Crippen LogP contribution in [0.15, 0.2) is 205 Å². The molecule has 5 nitrogen and oxygen atoms in total. The lowest BCUT2D eigenvalue weighted by Crippen LogP contribution is -2.28. The van der Waals surface area contributed by atoms with Gasteiger partial charge in [-0.15, -0.1) is 0 Å². The Bertz CT molecular complexity index is 3330. The summed E-state index contributed by atoms with van der Waals surface area (Å²) in [6.07, 6.45) is 5.75. The van der Waals surface area contributed by atoms with E-state index in [1.165, 1.54) is 21.5 Å². The zero-order valence-corrected chi connectivity index (χ0v) is 34.6. The quantitative estimate of drug-likeness (QED) is 0.0731. The molecule has 11 rings (SSSR count). The first-order valence-corrected chi connectivity index (χ1v) is 21.0. The Morgan fingerprint density at radius 3 is 1.83 bits per heavy atom. The van der Waals surface area contributed by atoms with Gasteiger partial charge in [0.05, 0.1) is 5.41 Å². The maximum Gasteiger partial charge on any atom is 0.186 e. The lowest BCUT2D eigenvalue weighted by atomic mass is 9.67. The normalized spacial score (nSPS) is 12.5. The number of rotatable bonds is 7. The number of anilines is 2. The van der Waals surface area contributed by atoms with Gasteiger partial charge in [0.25, 0.3) is 0 Å². The van der Waals surface area contributed by atoms with Gasteiger partial charge in [-0.05, 0) is 92.2 Å². The molecule has 1 aliphatic rings. The van der Waals surface area contributed by atoms with Crippen molar-refractivity contribution in [3.63, 3.8) is 0 Å². The van der Waals surface area contributed by atoms with Crippen molar-refractivity contribution in [1.29, 1.82) is 0 Å². The molecule has 0 atom stereocenters. The average molecular weight is 818 g/mol. The number of furan rings is 1. The highest BCUT2D eigenvalue weighted by molar-refractivity contribution is 6.13. The highest BCUT2D eigenvalue weighted by atomic mass is 16.3. The predicted molar refractivity (Wildman–Crippen MR) is 260 cm³/mol. The molecule has 10 aromatic rings. The van der Waals surface area contributed by atoms with Gasteiger partial charge in [0.15, 0.2) is 11.5 Å². The van der Waals surface area contributed by atoms with E-state index < -0.39 is 11.2 Å². The maximum atomic E-state index is 12.3. The lowest BCUT2D eigenvalue weighted by molar-refractivity contribution is 0.398. The Balaban J connectivity index is 0.000000287. The third-order valence-electron chi connectivity index (χ3n) is 12.2. The summed E-state index contributed by atoms with van der Waals surface area (Å²) in [5.41, 5.74) is 8.36. The Labute approximate surface area is 365 Å². The molecule has 0 saturated heterocycles. The summed E-state index contributed by atoms with van der Waals surface area (Å²) in [5, 5.41) is 44.7. The van der Waals surface area contributed by atoms with Gasteiger partial charge in [-0.25, -0.2) is 0 Å². The number of hydrogen-bond acceptors (Lipinski definition) is 5. The van der Waals surface area contributed by atoms with E-state index in [1.807, 2.05) is 159 Å². The van der Waals surface area contributed by atoms with Crippen molar-refractivity contribution in [1.82, 2.24) is 0 Å². The second kappa shape index (κ2) is 16.0. The van der Waals surface area contributed by atoms with Crippen LogP contribution in [0.4, 0.5) is 11.4 Å². The fraction of sp³-hybridized carbons (Fsp3) is 0.0345. The standard InChI is InChI=1S/C45H31NO3.C13H12O/c47-42-39-36-21-11-12-22-38(36)45(30-14-3-1-4-15-30,31-16-5-2-6-17-31)40(39)43(48)41(44(42)49)46-32-25-23-28(24-26-32)37-27-29-13-7-8-18-33(29)34-19-9-10-20-35(34)37;1-3-7-12-10(4-2)11-8-5-6-9-13(11)14-12/h1-27,46-49H;3-9H,2H2,1H3/b;7-3-. The number of phenols is 3. The molecule has 0 unspecified atom stereocenters. The van der Waals surface area contributed by atoms with E-state index in [-0.39, 0.29) is 17.2 Å². The molecule has 0 radical (unpaired) electrons. The Kier molecular flexibility index (Phi) is 9.85. The van der Waals surface area contributed by atoms with Crippen molar-refractivity contribution in [2.24, 2.45) is 0 Å². The highest BCUT2D eigenvalue weighted by Gasteiger charge is 2.50. The van der Waals surface area contributed by atoms with Crippen molar-refractivity contribution in [3.8, 4) is 39.5 Å². The van der Waals surface area contributed by atoms with Crippen LogP contribution in [0.1, 0.15) is 40.5 Å². The first-order valence-electron chi connectivity index (χ1n) is 21.0. The molecule has 9 aromatic carbocycles. The van der Waals surface area contributed by atoms with Gasteiger partial charge in [-0.3, -0.25) is 0 Å². The topological polar surface area (TPSA) is 85.9 Å². The summed E-state index contributed by atoms with van der Waals surface area (Å²) in [6, 6.07) is 62.9. The number of aromatic hydroxyl groups is 3. The van der Waals surface area contributed by atoms with Gasteiger partial charge >= 0.3 is 0 Å². The largest absolute Gasteiger partial charge is 0.505 e. The van der Waals surface area contributed by atoms with E-state index in [2.05, 4.69) is 66.5 Å². The molecule has 0 aliphatic heterocycles. The number of fused-ring (bicyclic) bond motifs is 7. The Morgan fingerprint density at radius 2 is 1.14 bits per heavy atom. The van der Waals surface area contributed by atoms with Gasteiger partial charge in [0.2, 0.25) is 0 Å². The molecule has 1 aromatic heterocycles. The third-order valence-corrected chi connectivity index (χ3v) is 12.2. The molecule has 0 spiro atoms. The molecule has 0 fully saturated rings. The van der Waals surface area contributed by atoms with Crippen molar-refractivity contribution in [2.75, 3.05) is 5.32 Å². The smallest absolute Gasteiger partial charge is 0.186 e. The first kappa shape index (κ1) is 38.9. The van der Waals surface area contributed by atoms with Crippen LogP contribution in [-0.2, 0) is 5.41 Å². The minimum Gasteiger partial charge on any atom is -0.505 e. The highest BCUT2D eigenvalue weighted by Crippen LogP contribution is 2.65. The molecular weight excluding hydrogens is 775 g/mol. The van der Waals surface area contributed by atoms with E-state index in [9.17, 15) is 15.3 Å².